The first kappa shape index (κ1) is 20.1. The van der Waals surface area contributed by atoms with Crippen LogP contribution >= 0.6 is 0 Å². The number of hydrogen-bond donors (Lipinski definition) is 1. The third-order valence-electron chi connectivity index (χ3n) is 6.84. The molecule has 0 aliphatic carbocycles. The Balaban J connectivity index is 1.42. The van der Waals surface area contributed by atoms with E-state index in [2.05, 4.69) is 65.2 Å². The van der Waals surface area contributed by atoms with Crippen molar-refractivity contribution in [2.45, 2.75) is 45.2 Å². The highest BCUT2D eigenvalue weighted by Gasteiger charge is 2.25. The molecule has 0 saturated carbocycles. The van der Waals surface area contributed by atoms with E-state index in [1.165, 1.54) is 28.4 Å². The lowest BCUT2D eigenvalue weighted by molar-refractivity contribution is 0.187. The van der Waals surface area contributed by atoms with Crippen LogP contribution in [0.3, 0.4) is 0 Å². The number of ether oxygens (including phenoxy) is 1. The smallest absolute Gasteiger partial charge is 0.318 e. The lowest BCUT2D eigenvalue weighted by Crippen LogP contribution is -2.33. The average Bonchev–Trinajstić information content (AvgIpc) is 3.21. The van der Waals surface area contributed by atoms with Gasteiger partial charge in [0.25, 0.3) is 0 Å². The van der Waals surface area contributed by atoms with Crippen molar-refractivity contribution in [1.82, 2.24) is 14.9 Å². The number of nitrogens with two attached hydrogens (primary N) is 1. The molecule has 1 aromatic heterocycles. The zero-order chi connectivity index (χ0) is 21.4. The lowest BCUT2D eigenvalue weighted by Gasteiger charge is -2.32. The number of anilines is 2. The van der Waals surface area contributed by atoms with Crippen LogP contribution in [0.4, 0.5) is 11.5 Å². The van der Waals surface area contributed by atoms with Gasteiger partial charge in [-0.25, -0.2) is 0 Å². The summed E-state index contributed by atoms with van der Waals surface area (Å²) in [5, 5.41) is 2.63. The minimum absolute atomic E-state index is 0.408. The molecular weight excluding hydrogens is 386 g/mol. The van der Waals surface area contributed by atoms with Gasteiger partial charge in [0.15, 0.2) is 0 Å². The number of hydrogen-bond acceptors (Lipinski definition) is 6. The van der Waals surface area contributed by atoms with Gasteiger partial charge in [-0.15, -0.1) is 0 Å². The topological polar surface area (TPSA) is 67.5 Å². The van der Waals surface area contributed by atoms with Crippen molar-refractivity contribution >= 4 is 22.3 Å². The second-order valence-electron chi connectivity index (χ2n) is 8.72. The maximum Gasteiger partial charge on any atom is 0.318 e. The minimum atomic E-state index is 0.408. The molecule has 0 spiro atoms. The number of aryl methyl sites for hydroxylation is 1. The Morgan fingerprint density at radius 2 is 1.97 bits per heavy atom. The van der Waals surface area contributed by atoms with Crippen LogP contribution in [-0.2, 0) is 19.4 Å². The Bertz CT molecular complexity index is 1090. The first-order valence-corrected chi connectivity index (χ1v) is 11.4. The Morgan fingerprint density at radius 3 is 2.74 bits per heavy atom. The number of likely N-dealkylation sites (N-methyl/N-ethyl adjacent to an activating group) is 1. The third kappa shape index (κ3) is 3.81. The molecule has 1 fully saturated rings. The summed E-state index contributed by atoms with van der Waals surface area (Å²) in [7, 11) is 2.15. The number of fused-ring (bicyclic) bond motifs is 2. The molecule has 162 valence electrons. The van der Waals surface area contributed by atoms with E-state index in [0.717, 1.165) is 50.2 Å². The van der Waals surface area contributed by atoms with Crippen molar-refractivity contribution < 1.29 is 4.74 Å². The van der Waals surface area contributed by atoms with Crippen molar-refractivity contribution in [3.05, 3.63) is 53.2 Å². The van der Waals surface area contributed by atoms with Gasteiger partial charge in [0.1, 0.15) is 12.4 Å². The first-order valence-electron chi connectivity index (χ1n) is 11.4. The lowest BCUT2D eigenvalue weighted by atomic mass is 9.98. The maximum absolute atomic E-state index is 6.31. The van der Waals surface area contributed by atoms with Crippen molar-refractivity contribution in [3.8, 4) is 6.01 Å². The minimum Gasteiger partial charge on any atom is -0.462 e. The van der Waals surface area contributed by atoms with E-state index in [0.29, 0.717) is 24.5 Å². The number of rotatable bonds is 5. The summed E-state index contributed by atoms with van der Waals surface area (Å²) in [6, 6.07) is 14.0. The highest BCUT2D eigenvalue weighted by atomic mass is 16.5. The molecule has 3 aromatic rings. The van der Waals surface area contributed by atoms with Gasteiger partial charge in [0.2, 0.25) is 0 Å². The number of likely N-dealkylation sites (tertiary alicyclic amines) is 1. The van der Waals surface area contributed by atoms with Gasteiger partial charge >= 0.3 is 6.01 Å². The van der Waals surface area contributed by atoms with Crippen molar-refractivity contribution in [2.24, 2.45) is 0 Å². The number of aromatic nitrogens is 2. The largest absolute Gasteiger partial charge is 0.462 e. The summed E-state index contributed by atoms with van der Waals surface area (Å²) in [6.45, 7) is 5.59. The zero-order valence-electron chi connectivity index (χ0n) is 18.5. The predicted molar refractivity (Wildman–Crippen MR) is 126 cm³/mol. The van der Waals surface area contributed by atoms with Crippen LogP contribution in [0.25, 0.3) is 10.8 Å². The van der Waals surface area contributed by atoms with E-state index in [9.17, 15) is 0 Å². The molecule has 0 amide bonds. The molecule has 2 aliphatic heterocycles. The standard InChI is InChI=1S/C25H31N5O/c1-3-17-7-4-8-18-9-5-11-22(23(17)18)30-14-12-20-21(15-30)27-25(28-24(20)26)31-16-19-10-6-13-29(19)2/h4-5,7-9,11,19H,3,6,10,12-16H2,1-2H3,(H2,26,27,28)/t19-/m0/s1. The molecule has 5 rings (SSSR count). The molecule has 6 heteroatoms. The van der Waals surface area contributed by atoms with E-state index in [-0.39, 0.29) is 0 Å². The quantitative estimate of drug-likeness (QED) is 0.681. The molecule has 2 N–H and O–H groups in total. The Labute approximate surface area is 184 Å². The summed E-state index contributed by atoms with van der Waals surface area (Å²) in [6.07, 6.45) is 4.24. The fraction of sp³-hybridized carbons (Fsp3) is 0.440. The Kier molecular flexibility index (Phi) is 5.40. The fourth-order valence-electron chi connectivity index (χ4n) is 5.02. The first-order chi connectivity index (χ1) is 15.1. The van der Waals surface area contributed by atoms with Crippen LogP contribution < -0.4 is 15.4 Å². The van der Waals surface area contributed by atoms with Gasteiger partial charge in [0.05, 0.1) is 12.2 Å². The van der Waals surface area contributed by atoms with Crippen LogP contribution in [-0.4, -0.2) is 47.7 Å². The molecule has 3 heterocycles. The van der Waals surface area contributed by atoms with Crippen molar-refractivity contribution in [1.29, 1.82) is 0 Å². The van der Waals surface area contributed by atoms with Gasteiger partial charge < -0.3 is 20.3 Å². The van der Waals surface area contributed by atoms with Crippen molar-refractivity contribution in [2.75, 3.05) is 37.4 Å². The van der Waals surface area contributed by atoms with Gasteiger partial charge in [-0.2, -0.15) is 9.97 Å². The monoisotopic (exact) mass is 417 g/mol. The van der Waals surface area contributed by atoms with Gasteiger partial charge in [0, 0.05) is 29.2 Å². The number of nitrogen functional groups attached to an aromatic ring is 1. The van der Waals surface area contributed by atoms with Crippen LogP contribution in [0.1, 0.15) is 36.6 Å². The maximum atomic E-state index is 6.31. The Hall–Kier alpha value is -2.86. The summed E-state index contributed by atoms with van der Waals surface area (Å²) < 4.78 is 5.99. The van der Waals surface area contributed by atoms with Crippen LogP contribution in [0, 0.1) is 0 Å². The van der Waals surface area contributed by atoms with Gasteiger partial charge in [-0.1, -0.05) is 37.3 Å². The molecule has 2 aliphatic rings. The van der Waals surface area contributed by atoms with E-state index in [1.54, 1.807) is 0 Å². The molecule has 1 atom stereocenters. The van der Waals surface area contributed by atoms with Crippen LogP contribution in [0.5, 0.6) is 6.01 Å². The summed E-state index contributed by atoms with van der Waals surface area (Å²) in [5.41, 5.74) is 11.0. The zero-order valence-corrected chi connectivity index (χ0v) is 18.5. The molecule has 2 aromatic carbocycles. The average molecular weight is 418 g/mol. The van der Waals surface area contributed by atoms with E-state index >= 15 is 0 Å². The third-order valence-corrected chi connectivity index (χ3v) is 6.84. The molecule has 1 saturated heterocycles. The fourth-order valence-corrected chi connectivity index (χ4v) is 5.02. The normalized spacial score (nSPS) is 19.0. The molecule has 31 heavy (non-hydrogen) atoms. The molecule has 6 nitrogen and oxygen atoms in total. The molecule has 0 radical (unpaired) electrons. The Morgan fingerprint density at radius 1 is 1.13 bits per heavy atom. The summed E-state index contributed by atoms with van der Waals surface area (Å²) in [5.74, 6) is 0.562. The summed E-state index contributed by atoms with van der Waals surface area (Å²) in [4.78, 5) is 14.0. The van der Waals surface area contributed by atoms with E-state index in [4.69, 9.17) is 15.5 Å². The van der Waals surface area contributed by atoms with E-state index in [1.807, 2.05) is 0 Å². The second kappa shape index (κ2) is 8.35. The molecule has 0 unspecified atom stereocenters. The number of benzene rings is 2. The van der Waals surface area contributed by atoms with Crippen LogP contribution in [0.2, 0.25) is 0 Å². The summed E-state index contributed by atoms with van der Waals surface area (Å²) >= 11 is 0. The van der Waals surface area contributed by atoms with Gasteiger partial charge in [-0.3, -0.25) is 0 Å². The second-order valence-corrected chi connectivity index (χ2v) is 8.72. The van der Waals surface area contributed by atoms with Crippen LogP contribution in [0.15, 0.2) is 36.4 Å². The van der Waals surface area contributed by atoms with Gasteiger partial charge in [-0.05, 0) is 56.3 Å². The number of nitrogens with zero attached hydrogens (tertiary/aromatic N) is 4. The highest BCUT2D eigenvalue weighted by molar-refractivity contribution is 5.97. The SMILES string of the molecule is CCc1cccc2cccc(N3CCc4c(N)nc(OC[C@@H]5CCCN5C)nc4C3)c12. The molecule has 0 bridgehead atoms. The van der Waals surface area contributed by atoms with Crippen molar-refractivity contribution in [3.63, 3.8) is 0 Å². The predicted octanol–water partition coefficient (Wildman–Crippen LogP) is 3.81. The van der Waals surface area contributed by atoms with E-state index < -0.39 is 0 Å². The highest BCUT2D eigenvalue weighted by Crippen LogP contribution is 2.34. The molecular formula is C25H31N5O.